The van der Waals surface area contributed by atoms with Crippen LogP contribution in [-0.2, 0) is 16.6 Å². The summed E-state index contributed by atoms with van der Waals surface area (Å²) < 4.78 is 0. The summed E-state index contributed by atoms with van der Waals surface area (Å²) in [5, 5.41) is 0. The summed E-state index contributed by atoms with van der Waals surface area (Å²) in [6, 6.07) is 8.38. The molecule has 0 fully saturated rings. The van der Waals surface area contributed by atoms with E-state index in [9.17, 15) is 4.79 Å². The number of benzene rings is 1. The third kappa shape index (κ3) is 1.28. The highest BCUT2D eigenvalue weighted by Gasteiger charge is 2.34. The summed E-state index contributed by atoms with van der Waals surface area (Å²) >= 11 is 0. The van der Waals surface area contributed by atoms with Gasteiger partial charge in [-0.25, -0.2) is 0 Å². The molecule has 1 aromatic carbocycles. The van der Waals surface area contributed by atoms with E-state index in [1.165, 1.54) is 11.1 Å². The van der Waals surface area contributed by atoms with Crippen LogP contribution >= 0.6 is 0 Å². The molecule has 1 unspecified atom stereocenters. The molecular formula is C13H16O. The van der Waals surface area contributed by atoms with Gasteiger partial charge in [-0.2, -0.15) is 0 Å². The average molecular weight is 188 g/mol. The van der Waals surface area contributed by atoms with Crippen LogP contribution in [0.5, 0.6) is 0 Å². The summed E-state index contributed by atoms with van der Waals surface area (Å²) in [4.78, 5) is 11.3. The second kappa shape index (κ2) is 3.56. The first kappa shape index (κ1) is 9.45. The first-order valence-corrected chi connectivity index (χ1v) is 5.37. The minimum Gasteiger partial charge on any atom is -0.302 e. The Morgan fingerprint density at radius 3 is 2.93 bits per heavy atom. The maximum Gasteiger partial charge on any atom is 0.130 e. The van der Waals surface area contributed by atoms with Crippen molar-refractivity contribution < 1.29 is 4.79 Å². The van der Waals surface area contributed by atoms with Crippen molar-refractivity contribution in [2.24, 2.45) is 0 Å². The number of carbonyl (C=O) groups is 1. The van der Waals surface area contributed by atoms with Gasteiger partial charge in [0.1, 0.15) is 6.29 Å². The van der Waals surface area contributed by atoms with Crippen molar-refractivity contribution in [1.29, 1.82) is 0 Å². The summed E-state index contributed by atoms with van der Waals surface area (Å²) in [5.41, 5.74) is 2.45. The van der Waals surface area contributed by atoms with Gasteiger partial charge in [-0.1, -0.05) is 31.2 Å². The highest BCUT2D eigenvalue weighted by molar-refractivity contribution is 5.70. The molecule has 0 aliphatic heterocycles. The number of aldehydes is 1. The lowest BCUT2D eigenvalue weighted by molar-refractivity contribution is -0.113. The summed E-state index contributed by atoms with van der Waals surface area (Å²) in [5.74, 6) is 0. The van der Waals surface area contributed by atoms with E-state index in [1.807, 2.05) is 6.07 Å². The Kier molecular flexibility index (Phi) is 2.40. The van der Waals surface area contributed by atoms with Crippen LogP contribution in [0.4, 0.5) is 0 Å². The predicted molar refractivity (Wildman–Crippen MR) is 57.4 cm³/mol. The molecule has 1 aromatic rings. The van der Waals surface area contributed by atoms with Crippen LogP contribution in [0.25, 0.3) is 0 Å². The standard InChI is InChI=1S/C13H16O/c1-2-13(10-14)9-5-7-11-6-3-4-8-12(11)13/h3-4,6,8,10H,2,5,7,9H2,1H3. The molecule has 0 heterocycles. The molecule has 1 aliphatic rings. The lowest BCUT2D eigenvalue weighted by Gasteiger charge is -2.33. The largest absolute Gasteiger partial charge is 0.302 e. The minimum atomic E-state index is -0.186. The van der Waals surface area contributed by atoms with Gasteiger partial charge in [0.2, 0.25) is 0 Å². The van der Waals surface area contributed by atoms with Gasteiger partial charge in [-0.15, -0.1) is 0 Å². The van der Waals surface area contributed by atoms with Gasteiger partial charge < -0.3 is 4.79 Å². The normalized spacial score (nSPS) is 25.5. The van der Waals surface area contributed by atoms with E-state index in [2.05, 4.69) is 25.1 Å². The van der Waals surface area contributed by atoms with Gasteiger partial charge >= 0.3 is 0 Å². The molecule has 0 N–H and O–H groups in total. The van der Waals surface area contributed by atoms with Gasteiger partial charge in [0.05, 0.1) is 5.41 Å². The Labute approximate surface area is 85.1 Å². The van der Waals surface area contributed by atoms with E-state index in [0.717, 1.165) is 32.0 Å². The van der Waals surface area contributed by atoms with Gasteiger partial charge in [0.25, 0.3) is 0 Å². The molecule has 1 heteroatoms. The Morgan fingerprint density at radius 1 is 1.43 bits per heavy atom. The van der Waals surface area contributed by atoms with E-state index < -0.39 is 0 Å². The van der Waals surface area contributed by atoms with Crippen molar-refractivity contribution in [3.05, 3.63) is 35.4 Å². The minimum absolute atomic E-state index is 0.186. The van der Waals surface area contributed by atoms with Crippen molar-refractivity contribution in [2.75, 3.05) is 0 Å². The number of carbonyl (C=O) groups excluding carboxylic acids is 1. The molecule has 0 bridgehead atoms. The van der Waals surface area contributed by atoms with Crippen molar-refractivity contribution >= 4 is 6.29 Å². The van der Waals surface area contributed by atoms with E-state index in [1.54, 1.807) is 0 Å². The molecule has 1 atom stereocenters. The lowest BCUT2D eigenvalue weighted by Crippen LogP contribution is -2.31. The fraction of sp³-hybridized carbons (Fsp3) is 0.462. The molecular weight excluding hydrogens is 172 g/mol. The number of rotatable bonds is 2. The molecule has 14 heavy (non-hydrogen) atoms. The maximum atomic E-state index is 11.3. The highest BCUT2D eigenvalue weighted by atomic mass is 16.1. The third-order valence-electron chi connectivity index (χ3n) is 3.48. The van der Waals surface area contributed by atoms with Crippen LogP contribution in [0, 0.1) is 0 Å². The summed E-state index contributed by atoms with van der Waals surface area (Å²) in [7, 11) is 0. The first-order chi connectivity index (χ1) is 6.82. The van der Waals surface area contributed by atoms with Crippen LogP contribution in [0.2, 0.25) is 0 Å². The number of fused-ring (bicyclic) bond motifs is 1. The fourth-order valence-corrected chi connectivity index (χ4v) is 2.53. The van der Waals surface area contributed by atoms with Crippen molar-refractivity contribution in [1.82, 2.24) is 0 Å². The molecule has 0 saturated carbocycles. The van der Waals surface area contributed by atoms with E-state index >= 15 is 0 Å². The van der Waals surface area contributed by atoms with Crippen LogP contribution in [0.1, 0.15) is 37.3 Å². The Morgan fingerprint density at radius 2 is 2.21 bits per heavy atom. The van der Waals surface area contributed by atoms with E-state index in [4.69, 9.17) is 0 Å². The molecule has 0 radical (unpaired) electrons. The first-order valence-electron chi connectivity index (χ1n) is 5.37. The molecule has 0 amide bonds. The number of aryl methyl sites for hydroxylation is 1. The Hall–Kier alpha value is -1.11. The molecule has 0 aromatic heterocycles. The number of hydrogen-bond donors (Lipinski definition) is 0. The second-order valence-electron chi connectivity index (χ2n) is 4.14. The molecule has 1 nitrogen and oxygen atoms in total. The smallest absolute Gasteiger partial charge is 0.130 e. The fourth-order valence-electron chi connectivity index (χ4n) is 2.53. The zero-order valence-corrected chi connectivity index (χ0v) is 8.62. The lowest BCUT2D eigenvalue weighted by atomic mass is 9.69. The van der Waals surface area contributed by atoms with Crippen LogP contribution in [-0.4, -0.2) is 6.29 Å². The molecule has 0 spiro atoms. The zero-order chi connectivity index (χ0) is 10.0. The average Bonchev–Trinajstić information content (AvgIpc) is 2.28. The third-order valence-corrected chi connectivity index (χ3v) is 3.48. The number of hydrogen-bond acceptors (Lipinski definition) is 1. The van der Waals surface area contributed by atoms with Gasteiger partial charge in [-0.05, 0) is 36.8 Å². The van der Waals surface area contributed by atoms with E-state index in [0.29, 0.717) is 0 Å². The van der Waals surface area contributed by atoms with Crippen LogP contribution < -0.4 is 0 Å². The van der Waals surface area contributed by atoms with Gasteiger partial charge in [0.15, 0.2) is 0 Å². The van der Waals surface area contributed by atoms with Crippen molar-refractivity contribution in [3.63, 3.8) is 0 Å². The maximum absolute atomic E-state index is 11.3. The molecule has 2 rings (SSSR count). The van der Waals surface area contributed by atoms with Crippen LogP contribution in [0.15, 0.2) is 24.3 Å². The predicted octanol–water partition coefficient (Wildman–Crippen LogP) is 2.87. The molecule has 0 saturated heterocycles. The highest BCUT2D eigenvalue weighted by Crippen LogP contribution is 2.38. The van der Waals surface area contributed by atoms with Crippen molar-refractivity contribution in [2.45, 2.75) is 38.0 Å². The molecule has 1 aliphatic carbocycles. The molecule has 74 valence electrons. The van der Waals surface area contributed by atoms with Crippen LogP contribution in [0.3, 0.4) is 0 Å². The monoisotopic (exact) mass is 188 g/mol. The van der Waals surface area contributed by atoms with Gasteiger partial charge in [-0.3, -0.25) is 0 Å². The summed E-state index contributed by atoms with van der Waals surface area (Å²) in [6.45, 7) is 2.11. The van der Waals surface area contributed by atoms with E-state index in [-0.39, 0.29) is 5.41 Å². The Bertz CT molecular complexity index is 343. The Balaban J connectivity index is 2.53. The topological polar surface area (TPSA) is 17.1 Å². The van der Waals surface area contributed by atoms with Gasteiger partial charge in [0, 0.05) is 0 Å². The second-order valence-corrected chi connectivity index (χ2v) is 4.14. The summed E-state index contributed by atoms with van der Waals surface area (Å²) in [6.07, 6.45) is 5.37. The SMILES string of the molecule is CCC1(C=O)CCCc2ccccc21. The van der Waals surface area contributed by atoms with Crippen molar-refractivity contribution in [3.8, 4) is 0 Å². The zero-order valence-electron chi connectivity index (χ0n) is 8.62. The quantitative estimate of drug-likeness (QED) is 0.652.